The van der Waals surface area contributed by atoms with Crippen LogP contribution in [0.1, 0.15) is 30.1 Å². The van der Waals surface area contributed by atoms with E-state index in [1.807, 2.05) is 0 Å². The monoisotopic (exact) mass is 320 g/mol. The summed E-state index contributed by atoms with van der Waals surface area (Å²) in [5, 5.41) is 9.27. The number of carboxylic acids is 1. The zero-order chi connectivity index (χ0) is 16.4. The first-order valence-corrected chi connectivity index (χ1v) is 7.71. The minimum atomic E-state index is -0.872. The SMILES string of the molecule is CC1(C(=O)O)CCN(C(=O)c2ccnc(OC3CCOC3)c2)C1. The van der Waals surface area contributed by atoms with E-state index in [9.17, 15) is 14.7 Å². The Bertz CT molecular complexity index is 614. The Hall–Kier alpha value is -2.15. The van der Waals surface area contributed by atoms with Gasteiger partial charge in [0, 0.05) is 37.3 Å². The van der Waals surface area contributed by atoms with Crippen molar-refractivity contribution in [1.82, 2.24) is 9.88 Å². The van der Waals surface area contributed by atoms with E-state index in [1.54, 1.807) is 24.0 Å². The Balaban J connectivity index is 1.69. The van der Waals surface area contributed by atoms with E-state index in [-0.39, 0.29) is 18.6 Å². The van der Waals surface area contributed by atoms with Gasteiger partial charge in [-0.15, -0.1) is 0 Å². The highest BCUT2D eigenvalue weighted by molar-refractivity contribution is 5.95. The quantitative estimate of drug-likeness (QED) is 0.896. The third-order valence-corrected chi connectivity index (χ3v) is 4.43. The van der Waals surface area contributed by atoms with E-state index in [2.05, 4.69) is 4.98 Å². The van der Waals surface area contributed by atoms with Crippen molar-refractivity contribution < 1.29 is 24.2 Å². The summed E-state index contributed by atoms with van der Waals surface area (Å²) in [6.45, 7) is 3.53. The lowest BCUT2D eigenvalue weighted by Gasteiger charge is -2.20. The van der Waals surface area contributed by atoms with Gasteiger partial charge in [-0.2, -0.15) is 0 Å². The zero-order valence-corrected chi connectivity index (χ0v) is 13.0. The molecule has 1 amide bonds. The number of hydrogen-bond acceptors (Lipinski definition) is 5. The molecule has 23 heavy (non-hydrogen) atoms. The van der Waals surface area contributed by atoms with Gasteiger partial charge in [0.05, 0.1) is 18.6 Å². The number of rotatable bonds is 4. The number of carboxylic acid groups (broad SMARTS) is 1. The van der Waals surface area contributed by atoms with Crippen molar-refractivity contribution in [2.45, 2.75) is 25.9 Å². The Morgan fingerprint density at radius 2 is 2.35 bits per heavy atom. The van der Waals surface area contributed by atoms with Gasteiger partial charge in [-0.3, -0.25) is 9.59 Å². The first-order valence-electron chi connectivity index (χ1n) is 7.71. The lowest BCUT2D eigenvalue weighted by molar-refractivity contribution is -0.147. The molecule has 7 nitrogen and oxygen atoms in total. The van der Waals surface area contributed by atoms with Gasteiger partial charge < -0.3 is 19.5 Å². The van der Waals surface area contributed by atoms with Crippen LogP contribution in [0.3, 0.4) is 0 Å². The van der Waals surface area contributed by atoms with Crippen molar-refractivity contribution in [2.24, 2.45) is 5.41 Å². The van der Waals surface area contributed by atoms with Gasteiger partial charge in [-0.25, -0.2) is 4.98 Å². The molecule has 2 fully saturated rings. The number of aromatic nitrogens is 1. The Morgan fingerprint density at radius 1 is 1.52 bits per heavy atom. The van der Waals surface area contributed by atoms with Gasteiger partial charge in [0.15, 0.2) is 0 Å². The average molecular weight is 320 g/mol. The second-order valence-electron chi connectivity index (χ2n) is 6.33. The summed E-state index contributed by atoms with van der Waals surface area (Å²) >= 11 is 0. The van der Waals surface area contributed by atoms with E-state index in [1.165, 1.54) is 6.20 Å². The van der Waals surface area contributed by atoms with E-state index in [4.69, 9.17) is 9.47 Å². The van der Waals surface area contributed by atoms with Crippen LogP contribution in [0.15, 0.2) is 18.3 Å². The largest absolute Gasteiger partial charge is 0.481 e. The third kappa shape index (κ3) is 3.29. The highest BCUT2D eigenvalue weighted by atomic mass is 16.5. The fraction of sp³-hybridized carbons (Fsp3) is 0.562. The predicted octanol–water partition coefficient (Wildman–Crippen LogP) is 1.19. The van der Waals surface area contributed by atoms with E-state index in [0.717, 1.165) is 6.42 Å². The summed E-state index contributed by atoms with van der Waals surface area (Å²) < 4.78 is 11.0. The Kier molecular flexibility index (Phi) is 4.21. The molecule has 2 atom stereocenters. The molecule has 3 heterocycles. The van der Waals surface area contributed by atoms with Crippen LogP contribution >= 0.6 is 0 Å². The van der Waals surface area contributed by atoms with Crippen LogP contribution in [0.5, 0.6) is 5.88 Å². The van der Waals surface area contributed by atoms with Crippen LogP contribution < -0.4 is 4.74 Å². The molecule has 1 aromatic heterocycles. The summed E-state index contributed by atoms with van der Waals surface area (Å²) in [6.07, 6.45) is 2.77. The molecule has 2 saturated heterocycles. The Morgan fingerprint density at radius 3 is 3.00 bits per heavy atom. The van der Waals surface area contributed by atoms with Crippen LogP contribution in [0, 0.1) is 5.41 Å². The fourth-order valence-electron chi connectivity index (χ4n) is 2.88. The molecule has 2 aliphatic rings. The fourth-order valence-corrected chi connectivity index (χ4v) is 2.88. The lowest BCUT2D eigenvalue weighted by Crippen LogP contribution is -2.34. The number of pyridine rings is 1. The summed E-state index contributed by atoms with van der Waals surface area (Å²) in [6, 6.07) is 3.23. The van der Waals surface area contributed by atoms with Gasteiger partial charge in [-0.1, -0.05) is 0 Å². The number of amides is 1. The standard InChI is InChI=1S/C16H20N2O5/c1-16(15(20)21)4-6-18(10-16)14(19)11-2-5-17-13(8-11)23-12-3-7-22-9-12/h2,5,8,12H,3-4,6-7,9-10H2,1H3,(H,20,21). The van der Waals surface area contributed by atoms with Crippen molar-refractivity contribution >= 4 is 11.9 Å². The molecule has 1 N–H and O–H groups in total. The molecule has 0 saturated carbocycles. The number of hydrogen-bond donors (Lipinski definition) is 1. The minimum Gasteiger partial charge on any atom is -0.481 e. The molecular formula is C16H20N2O5. The van der Waals surface area contributed by atoms with E-state index in [0.29, 0.717) is 37.6 Å². The van der Waals surface area contributed by atoms with Crippen LogP contribution in [0.2, 0.25) is 0 Å². The second kappa shape index (κ2) is 6.16. The van der Waals surface area contributed by atoms with E-state index >= 15 is 0 Å². The molecule has 0 radical (unpaired) electrons. The molecule has 0 aromatic carbocycles. The summed E-state index contributed by atoms with van der Waals surface area (Å²) in [5.74, 6) is -0.663. The highest BCUT2D eigenvalue weighted by Crippen LogP contribution is 2.31. The predicted molar refractivity (Wildman–Crippen MR) is 80.4 cm³/mol. The number of nitrogens with zero attached hydrogens (tertiary/aromatic N) is 2. The van der Waals surface area contributed by atoms with E-state index < -0.39 is 11.4 Å². The van der Waals surface area contributed by atoms with Gasteiger partial charge in [-0.05, 0) is 19.4 Å². The number of ether oxygens (including phenoxy) is 2. The maximum Gasteiger partial charge on any atom is 0.311 e. The molecule has 0 bridgehead atoms. The number of carbonyl (C=O) groups is 2. The molecule has 124 valence electrons. The number of carbonyl (C=O) groups excluding carboxylic acids is 1. The number of aliphatic carboxylic acids is 1. The number of likely N-dealkylation sites (tertiary alicyclic amines) is 1. The summed E-state index contributed by atoms with van der Waals surface area (Å²) in [5.41, 5.74) is -0.410. The first-order chi connectivity index (χ1) is 11.0. The van der Waals surface area contributed by atoms with Crippen LogP contribution in [-0.2, 0) is 9.53 Å². The molecular weight excluding hydrogens is 300 g/mol. The topological polar surface area (TPSA) is 89.0 Å². The van der Waals surface area contributed by atoms with Crippen molar-refractivity contribution in [1.29, 1.82) is 0 Å². The van der Waals surface area contributed by atoms with Crippen LogP contribution in [-0.4, -0.2) is 59.3 Å². The molecule has 1 aromatic rings. The molecule has 7 heteroatoms. The zero-order valence-electron chi connectivity index (χ0n) is 13.0. The molecule has 0 aliphatic carbocycles. The van der Waals surface area contributed by atoms with Gasteiger partial charge >= 0.3 is 5.97 Å². The second-order valence-corrected chi connectivity index (χ2v) is 6.33. The van der Waals surface area contributed by atoms with Crippen molar-refractivity contribution in [3.8, 4) is 5.88 Å². The summed E-state index contributed by atoms with van der Waals surface area (Å²) in [4.78, 5) is 29.6. The highest BCUT2D eigenvalue weighted by Gasteiger charge is 2.42. The van der Waals surface area contributed by atoms with Crippen LogP contribution in [0.4, 0.5) is 0 Å². The molecule has 2 unspecified atom stereocenters. The molecule has 3 rings (SSSR count). The molecule has 0 spiro atoms. The van der Waals surface area contributed by atoms with Crippen molar-refractivity contribution in [3.05, 3.63) is 23.9 Å². The van der Waals surface area contributed by atoms with Gasteiger partial charge in [0.2, 0.25) is 5.88 Å². The maximum atomic E-state index is 12.6. The van der Waals surface area contributed by atoms with Gasteiger partial charge in [0.1, 0.15) is 6.10 Å². The van der Waals surface area contributed by atoms with Crippen molar-refractivity contribution in [3.63, 3.8) is 0 Å². The maximum absolute atomic E-state index is 12.6. The molecule has 2 aliphatic heterocycles. The summed E-state index contributed by atoms with van der Waals surface area (Å²) in [7, 11) is 0. The van der Waals surface area contributed by atoms with Crippen LogP contribution in [0.25, 0.3) is 0 Å². The van der Waals surface area contributed by atoms with Gasteiger partial charge in [0.25, 0.3) is 5.91 Å². The third-order valence-electron chi connectivity index (χ3n) is 4.43. The Labute approximate surface area is 134 Å². The van der Waals surface area contributed by atoms with Crippen molar-refractivity contribution in [2.75, 3.05) is 26.3 Å². The minimum absolute atomic E-state index is 0.0325. The first kappa shape index (κ1) is 15.7. The normalized spacial score (nSPS) is 27.2. The lowest BCUT2D eigenvalue weighted by atomic mass is 9.90. The average Bonchev–Trinajstić information content (AvgIpc) is 3.17. The smallest absolute Gasteiger partial charge is 0.311 e.